The fourth-order valence-corrected chi connectivity index (χ4v) is 0.606. The third-order valence-electron chi connectivity index (χ3n) is 1.21. The highest BCUT2D eigenvalue weighted by Crippen LogP contribution is 1.91. The van der Waals surface area contributed by atoms with Crippen LogP contribution in [0.4, 0.5) is 0 Å². The molecule has 0 aromatic heterocycles. The van der Waals surface area contributed by atoms with Crippen molar-refractivity contribution >= 4 is 0 Å². The van der Waals surface area contributed by atoms with Crippen molar-refractivity contribution in [3.63, 3.8) is 0 Å². The number of nitrogens with one attached hydrogen (secondary N) is 1. The second-order valence-electron chi connectivity index (χ2n) is 1.64. The Morgan fingerprint density at radius 3 is 2.29 bits per heavy atom. The molecule has 1 unspecified atom stereocenters. The van der Waals surface area contributed by atoms with Crippen molar-refractivity contribution in [3.05, 3.63) is 6.42 Å². The molecule has 0 spiro atoms. The van der Waals surface area contributed by atoms with E-state index in [9.17, 15) is 0 Å². The maximum atomic E-state index is 3.15. The van der Waals surface area contributed by atoms with Gasteiger partial charge in [-0.15, -0.1) is 0 Å². The first-order valence-corrected chi connectivity index (χ1v) is 2.81. The van der Waals surface area contributed by atoms with Crippen LogP contribution in [0, 0.1) is 6.42 Å². The van der Waals surface area contributed by atoms with E-state index in [0.717, 1.165) is 0 Å². The third kappa shape index (κ3) is 2.52. The number of hydrogen-bond acceptors (Lipinski definition) is 1. The molecule has 0 heterocycles. The zero-order valence-electron chi connectivity index (χ0n) is 5.36. The van der Waals surface area contributed by atoms with Gasteiger partial charge in [0.25, 0.3) is 0 Å². The van der Waals surface area contributed by atoms with Gasteiger partial charge in [0, 0.05) is 6.42 Å². The Morgan fingerprint density at radius 1 is 1.71 bits per heavy atom. The molecular formula is C6H14N+. The molecule has 0 amide bonds. The van der Waals surface area contributed by atoms with E-state index in [1.54, 1.807) is 0 Å². The Morgan fingerprint density at radius 2 is 2.29 bits per heavy atom. The van der Waals surface area contributed by atoms with Crippen LogP contribution >= 0.6 is 0 Å². The van der Waals surface area contributed by atoms with Gasteiger partial charge in [0.15, 0.2) is 0 Å². The van der Waals surface area contributed by atoms with E-state index < -0.39 is 0 Å². The van der Waals surface area contributed by atoms with E-state index in [1.807, 2.05) is 7.05 Å². The molecule has 1 heteroatoms. The highest BCUT2D eigenvalue weighted by Gasteiger charge is 2.04. The molecule has 0 saturated carbocycles. The molecule has 0 aromatic carbocycles. The van der Waals surface area contributed by atoms with Crippen LogP contribution in [0.2, 0.25) is 0 Å². The highest BCUT2D eigenvalue weighted by atomic mass is 14.9. The maximum absolute atomic E-state index is 3.15. The van der Waals surface area contributed by atoms with Gasteiger partial charge in [-0.05, 0) is 7.05 Å². The van der Waals surface area contributed by atoms with Crippen LogP contribution in [0.5, 0.6) is 0 Å². The van der Waals surface area contributed by atoms with Gasteiger partial charge in [-0.3, -0.25) is 5.32 Å². The van der Waals surface area contributed by atoms with E-state index >= 15 is 0 Å². The molecule has 0 radical (unpaired) electrons. The lowest BCUT2D eigenvalue weighted by Gasteiger charge is -1.99. The highest BCUT2D eigenvalue weighted by molar-refractivity contribution is 4.74. The maximum Gasteiger partial charge on any atom is 0.148 e. The topological polar surface area (TPSA) is 12.0 Å². The minimum Gasteiger partial charge on any atom is -0.280 e. The van der Waals surface area contributed by atoms with Crippen molar-refractivity contribution < 1.29 is 0 Å². The monoisotopic (exact) mass is 100 g/mol. The van der Waals surface area contributed by atoms with Crippen molar-refractivity contribution in [2.45, 2.75) is 26.3 Å². The quantitative estimate of drug-likeness (QED) is 0.526. The first-order valence-electron chi connectivity index (χ1n) is 2.81. The van der Waals surface area contributed by atoms with Crippen molar-refractivity contribution in [1.82, 2.24) is 5.32 Å². The Balaban J connectivity index is 2.99. The van der Waals surface area contributed by atoms with E-state index in [2.05, 4.69) is 25.6 Å². The van der Waals surface area contributed by atoms with Crippen LogP contribution in [-0.2, 0) is 0 Å². The predicted molar refractivity (Wildman–Crippen MR) is 33.1 cm³/mol. The van der Waals surface area contributed by atoms with Crippen LogP contribution < -0.4 is 5.32 Å². The number of rotatable bonds is 3. The molecule has 1 N–H and O–H groups in total. The van der Waals surface area contributed by atoms with Gasteiger partial charge in [-0.25, -0.2) is 0 Å². The normalized spacial score (nSPS) is 13.6. The first-order chi connectivity index (χ1) is 3.35. The molecule has 0 saturated heterocycles. The summed E-state index contributed by atoms with van der Waals surface area (Å²) in [5, 5.41) is 3.15. The summed E-state index contributed by atoms with van der Waals surface area (Å²) in [6.45, 7) is 4.24. The van der Waals surface area contributed by atoms with Gasteiger partial charge >= 0.3 is 0 Å². The Labute approximate surface area is 46.1 Å². The van der Waals surface area contributed by atoms with Crippen molar-refractivity contribution in [1.29, 1.82) is 0 Å². The molecule has 0 rings (SSSR count). The molecule has 0 aromatic rings. The zero-order chi connectivity index (χ0) is 5.70. The van der Waals surface area contributed by atoms with E-state index in [0.29, 0.717) is 6.04 Å². The average molecular weight is 100 g/mol. The van der Waals surface area contributed by atoms with Crippen LogP contribution in [0.25, 0.3) is 0 Å². The minimum atomic E-state index is 0.611. The van der Waals surface area contributed by atoms with E-state index in [4.69, 9.17) is 0 Å². The van der Waals surface area contributed by atoms with Gasteiger partial charge in [0.1, 0.15) is 6.04 Å². The van der Waals surface area contributed by atoms with Crippen molar-refractivity contribution in [2.24, 2.45) is 0 Å². The molecule has 0 fully saturated rings. The van der Waals surface area contributed by atoms with E-state index in [-0.39, 0.29) is 0 Å². The lowest BCUT2D eigenvalue weighted by Crippen LogP contribution is -2.23. The van der Waals surface area contributed by atoms with Gasteiger partial charge in [0.05, 0.1) is 13.3 Å². The molecule has 7 heavy (non-hydrogen) atoms. The summed E-state index contributed by atoms with van der Waals surface area (Å²) in [5.41, 5.74) is 0. The van der Waals surface area contributed by atoms with Gasteiger partial charge in [0.2, 0.25) is 0 Å². The second kappa shape index (κ2) is 4.00. The molecule has 0 aliphatic heterocycles. The largest absolute Gasteiger partial charge is 0.280 e. The summed E-state index contributed by atoms with van der Waals surface area (Å²) in [6.07, 6.45) is 3.35. The fourth-order valence-electron chi connectivity index (χ4n) is 0.606. The molecule has 0 aliphatic rings. The van der Waals surface area contributed by atoms with Crippen LogP contribution in [0.1, 0.15) is 20.3 Å². The Hall–Kier alpha value is -0.170. The van der Waals surface area contributed by atoms with Crippen LogP contribution in [-0.4, -0.2) is 13.1 Å². The molecule has 42 valence electrons. The predicted octanol–water partition coefficient (Wildman–Crippen LogP) is 1.21. The average Bonchev–Trinajstić information content (AvgIpc) is 1.72. The summed E-state index contributed by atoms with van der Waals surface area (Å²) >= 11 is 0. The Bertz CT molecular complexity index is 25.7. The van der Waals surface area contributed by atoms with Gasteiger partial charge in [-0.2, -0.15) is 0 Å². The smallest absolute Gasteiger partial charge is 0.148 e. The number of hydrogen-bond donors (Lipinski definition) is 1. The fraction of sp³-hybridized carbons (Fsp3) is 0.833. The van der Waals surface area contributed by atoms with Crippen molar-refractivity contribution in [3.8, 4) is 0 Å². The second-order valence-corrected chi connectivity index (χ2v) is 1.64. The zero-order valence-corrected chi connectivity index (χ0v) is 5.36. The summed E-state index contributed by atoms with van der Waals surface area (Å²) in [7, 11) is 1.98. The SMILES string of the molecule is C[CH+]C(CC)NC. The van der Waals surface area contributed by atoms with Gasteiger partial charge in [-0.1, -0.05) is 6.92 Å². The van der Waals surface area contributed by atoms with Gasteiger partial charge < -0.3 is 0 Å². The molecule has 0 aliphatic carbocycles. The standard InChI is InChI=1S/C6H14N/c1-4-6(5-2)7-3/h4,6-7H,5H2,1-3H3/q+1. The Kier molecular flexibility index (Phi) is 3.90. The van der Waals surface area contributed by atoms with Crippen LogP contribution in [0.15, 0.2) is 0 Å². The first kappa shape index (κ1) is 6.83. The van der Waals surface area contributed by atoms with Crippen molar-refractivity contribution in [2.75, 3.05) is 7.05 Å². The van der Waals surface area contributed by atoms with E-state index in [1.165, 1.54) is 6.42 Å². The summed E-state index contributed by atoms with van der Waals surface area (Å²) in [5.74, 6) is 0. The van der Waals surface area contributed by atoms with Crippen LogP contribution in [0.3, 0.4) is 0 Å². The minimum absolute atomic E-state index is 0.611. The molecule has 0 bridgehead atoms. The molecule has 1 nitrogen and oxygen atoms in total. The lowest BCUT2D eigenvalue weighted by atomic mass is 10.2. The molecule has 1 atom stereocenters. The molecular weight excluding hydrogens is 86.1 g/mol. The lowest BCUT2D eigenvalue weighted by molar-refractivity contribution is 0.611. The summed E-state index contributed by atoms with van der Waals surface area (Å²) < 4.78 is 0. The summed E-state index contributed by atoms with van der Waals surface area (Å²) in [4.78, 5) is 0. The third-order valence-corrected chi connectivity index (χ3v) is 1.21. The summed E-state index contributed by atoms with van der Waals surface area (Å²) in [6, 6.07) is 0.611.